The third-order valence-corrected chi connectivity index (χ3v) is 5.96. The first kappa shape index (κ1) is 26.1. The third-order valence-electron chi connectivity index (χ3n) is 5.96. The molecule has 0 aliphatic heterocycles. The SMILES string of the molecule is N#Cc1cnc(NC(COc2ccc3[nH]c(=O)[nH]c3c2)c2ccccc2)c(C(=O)NCc2ccc(F)c(F)c2)n1. The summed E-state index contributed by atoms with van der Waals surface area (Å²) in [6.07, 6.45) is 1.23. The second kappa shape index (κ2) is 11.4. The smallest absolute Gasteiger partial charge is 0.323 e. The fraction of sp³-hybridized carbons (Fsp3) is 0.107. The number of rotatable bonds is 9. The topological polar surface area (TPSA) is 149 Å². The number of nitrogens with zero attached hydrogens (tertiary/aromatic N) is 3. The number of benzene rings is 3. The monoisotopic (exact) mass is 541 g/mol. The van der Waals surface area contributed by atoms with Crippen LogP contribution in [0.25, 0.3) is 11.0 Å². The van der Waals surface area contributed by atoms with Crippen molar-refractivity contribution in [1.82, 2.24) is 25.3 Å². The molecule has 1 atom stereocenters. The highest BCUT2D eigenvalue weighted by Crippen LogP contribution is 2.24. The molecule has 1 unspecified atom stereocenters. The van der Waals surface area contributed by atoms with Gasteiger partial charge in [-0.05, 0) is 35.4 Å². The van der Waals surface area contributed by atoms with Gasteiger partial charge >= 0.3 is 5.69 Å². The largest absolute Gasteiger partial charge is 0.491 e. The maximum Gasteiger partial charge on any atom is 0.323 e. The summed E-state index contributed by atoms with van der Waals surface area (Å²) in [5, 5.41) is 15.1. The minimum atomic E-state index is -1.03. The van der Waals surface area contributed by atoms with Gasteiger partial charge in [-0.1, -0.05) is 36.4 Å². The van der Waals surface area contributed by atoms with E-state index in [2.05, 4.69) is 30.6 Å². The molecule has 2 aromatic heterocycles. The Kier molecular flexibility index (Phi) is 7.45. The molecule has 5 rings (SSSR count). The third kappa shape index (κ3) is 5.94. The van der Waals surface area contributed by atoms with Crippen LogP contribution >= 0.6 is 0 Å². The van der Waals surface area contributed by atoms with Crippen molar-refractivity contribution in [2.75, 3.05) is 11.9 Å². The van der Waals surface area contributed by atoms with E-state index < -0.39 is 23.6 Å². The number of carbonyl (C=O) groups is 1. The fourth-order valence-corrected chi connectivity index (χ4v) is 3.98. The van der Waals surface area contributed by atoms with E-state index in [1.807, 2.05) is 36.4 Å². The van der Waals surface area contributed by atoms with Crippen LogP contribution in [0.2, 0.25) is 0 Å². The first-order valence-corrected chi connectivity index (χ1v) is 12.0. The van der Waals surface area contributed by atoms with Gasteiger partial charge in [-0.15, -0.1) is 0 Å². The van der Waals surface area contributed by atoms with Crippen molar-refractivity contribution in [3.63, 3.8) is 0 Å². The quantitative estimate of drug-likeness (QED) is 0.221. The molecule has 0 aliphatic rings. The molecule has 0 fully saturated rings. The van der Waals surface area contributed by atoms with E-state index in [0.717, 1.165) is 17.7 Å². The molecule has 40 heavy (non-hydrogen) atoms. The van der Waals surface area contributed by atoms with Crippen LogP contribution in [0.5, 0.6) is 5.75 Å². The average molecular weight is 542 g/mol. The fourth-order valence-electron chi connectivity index (χ4n) is 3.98. The Labute approximate surface area is 225 Å². The summed E-state index contributed by atoms with van der Waals surface area (Å²) in [6, 6.07) is 19.1. The van der Waals surface area contributed by atoms with E-state index in [4.69, 9.17) is 4.74 Å². The summed E-state index contributed by atoms with van der Waals surface area (Å²) in [4.78, 5) is 38.4. The maximum atomic E-state index is 13.6. The molecule has 4 N–H and O–H groups in total. The molecule has 2 heterocycles. The second-order valence-electron chi connectivity index (χ2n) is 8.70. The van der Waals surface area contributed by atoms with Gasteiger partial charge in [-0.2, -0.15) is 5.26 Å². The van der Waals surface area contributed by atoms with Crippen LogP contribution in [0.1, 0.15) is 33.4 Å². The van der Waals surface area contributed by atoms with Crippen molar-refractivity contribution < 1.29 is 18.3 Å². The molecule has 0 aliphatic carbocycles. The van der Waals surface area contributed by atoms with Crippen molar-refractivity contribution in [2.45, 2.75) is 12.6 Å². The normalized spacial score (nSPS) is 11.5. The number of hydrogen-bond acceptors (Lipinski definition) is 7. The predicted molar refractivity (Wildman–Crippen MR) is 141 cm³/mol. The van der Waals surface area contributed by atoms with Gasteiger partial charge in [0, 0.05) is 12.6 Å². The summed E-state index contributed by atoms with van der Waals surface area (Å²) >= 11 is 0. The van der Waals surface area contributed by atoms with Crippen molar-refractivity contribution in [3.8, 4) is 11.8 Å². The summed E-state index contributed by atoms with van der Waals surface area (Å²) < 4.78 is 32.9. The van der Waals surface area contributed by atoms with Gasteiger partial charge in [0.05, 0.1) is 23.3 Å². The van der Waals surface area contributed by atoms with Gasteiger partial charge in [0.15, 0.2) is 28.8 Å². The number of carbonyl (C=O) groups excluding carboxylic acids is 1. The Morgan fingerprint density at radius 1 is 1.02 bits per heavy atom. The van der Waals surface area contributed by atoms with Crippen LogP contribution in [-0.2, 0) is 6.54 Å². The number of nitriles is 1. The number of fused-ring (bicyclic) bond motifs is 1. The molecule has 10 nitrogen and oxygen atoms in total. The molecular formula is C28H21F2N7O3. The minimum Gasteiger partial charge on any atom is -0.491 e. The van der Waals surface area contributed by atoms with Crippen LogP contribution < -0.4 is 21.1 Å². The number of aromatic amines is 2. The zero-order valence-corrected chi connectivity index (χ0v) is 20.7. The number of halogens is 2. The Bertz CT molecular complexity index is 1780. The Hall–Kier alpha value is -5.57. The molecule has 0 bridgehead atoms. The number of nitrogens with one attached hydrogen (secondary N) is 4. The number of ether oxygens (including phenoxy) is 1. The van der Waals surface area contributed by atoms with Crippen molar-refractivity contribution in [2.24, 2.45) is 0 Å². The molecule has 1 amide bonds. The summed E-state index contributed by atoms with van der Waals surface area (Å²) in [5.41, 5.74) is 1.82. The lowest BCUT2D eigenvalue weighted by atomic mass is 10.1. The zero-order valence-electron chi connectivity index (χ0n) is 20.7. The van der Waals surface area contributed by atoms with Crippen LogP contribution in [0, 0.1) is 23.0 Å². The number of H-pyrrole nitrogens is 2. The number of imidazole rings is 1. The first-order chi connectivity index (χ1) is 19.4. The summed E-state index contributed by atoms with van der Waals surface area (Å²) in [6.45, 7) is -0.00927. The first-order valence-electron chi connectivity index (χ1n) is 12.0. The highest BCUT2D eigenvalue weighted by molar-refractivity contribution is 5.96. The van der Waals surface area contributed by atoms with Gasteiger partial charge in [0.1, 0.15) is 18.4 Å². The zero-order chi connectivity index (χ0) is 28.1. The maximum absolute atomic E-state index is 13.6. The van der Waals surface area contributed by atoms with Crippen molar-refractivity contribution in [3.05, 3.63) is 118 Å². The lowest BCUT2D eigenvalue weighted by Gasteiger charge is -2.21. The molecule has 5 aromatic rings. The number of anilines is 1. The highest BCUT2D eigenvalue weighted by atomic mass is 19.2. The van der Waals surface area contributed by atoms with E-state index >= 15 is 0 Å². The van der Waals surface area contributed by atoms with E-state index in [-0.39, 0.29) is 36.0 Å². The molecule has 200 valence electrons. The van der Waals surface area contributed by atoms with Gasteiger partial charge in [-0.25, -0.2) is 23.5 Å². The molecular weight excluding hydrogens is 520 g/mol. The van der Waals surface area contributed by atoms with Crippen molar-refractivity contribution >= 4 is 22.8 Å². The molecule has 0 saturated heterocycles. The summed E-state index contributed by atoms with van der Waals surface area (Å²) in [7, 11) is 0. The molecule has 0 saturated carbocycles. The highest BCUT2D eigenvalue weighted by Gasteiger charge is 2.21. The van der Waals surface area contributed by atoms with Gasteiger partial charge in [-0.3, -0.25) is 4.79 Å². The lowest BCUT2D eigenvalue weighted by molar-refractivity contribution is 0.0946. The number of amides is 1. The van der Waals surface area contributed by atoms with Crippen LogP contribution in [-0.4, -0.2) is 32.4 Å². The van der Waals surface area contributed by atoms with E-state index in [1.165, 1.54) is 12.3 Å². The average Bonchev–Trinajstić information content (AvgIpc) is 3.35. The Morgan fingerprint density at radius 2 is 1.82 bits per heavy atom. The number of aromatic nitrogens is 4. The van der Waals surface area contributed by atoms with Gasteiger partial charge < -0.3 is 25.3 Å². The van der Waals surface area contributed by atoms with E-state index in [9.17, 15) is 23.6 Å². The lowest BCUT2D eigenvalue weighted by Crippen LogP contribution is -2.27. The second-order valence-corrected chi connectivity index (χ2v) is 8.70. The molecule has 12 heteroatoms. The molecule has 0 spiro atoms. The minimum absolute atomic E-state index is 0.0789. The van der Waals surface area contributed by atoms with Crippen LogP contribution in [0.3, 0.4) is 0 Å². The standard InChI is InChI=1S/C28H21F2N7O3/c29-20-8-6-16(10-21(20)30)13-33-27(38)25-26(32-14-18(12-31)34-25)35-24(17-4-2-1-3-5-17)15-40-19-7-9-22-23(11-19)37-28(39)36-22/h1-11,14,24H,13,15H2,(H,32,35)(H,33,38)(H2,36,37,39). The summed E-state index contributed by atoms with van der Waals surface area (Å²) in [5.74, 6) is -2.12. The number of hydrogen-bond donors (Lipinski definition) is 4. The predicted octanol–water partition coefficient (Wildman–Crippen LogP) is 3.96. The Balaban J connectivity index is 1.38. The molecule has 0 radical (unpaired) electrons. The van der Waals surface area contributed by atoms with Crippen LogP contribution in [0.15, 0.2) is 77.7 Å². The molecule has 3 aromatic carbocycles. The van der Waals surface area contributed by atoms with E-state index in [1.54, 1.807) is 18.2 Å². The van der Waals surface area contributed by atoms with Gasteiger partial charge in [0.2, 0.25) is 0 Å². The van der Waals surface area contributed by atoms with Crippen LogP contribution in [0.4, 0.5) is 14.6 Å². The Morgan fingerprint density at radius 3 is 2.60 bits per heavy atom. The van der Waals surface area contributed by atoms with Gasteiger partial charge in [0.25, 0.3) is 5.91 Å². The van der Waals surface area contributed by atoms with E-state index in [0.29, 0.717) is 22.3 Å². The van der Waals surface area contributed by atoms with Crippen molar-refractivity contribution in [1.29, 1.82) is 5.26 Å².